The summed E-state index contributed by atoms with van der Waals surface area (Å²) in [6.07, 6.45) is 4.04. The molecule has 0 radical (unpaired) electrons. The van der Waals surface area contributed by atoms with Crippen molar-refractivity contribution in [2.24, 2.45) is 11.8 Å². The third-order valence-corrected chi connectivity index (χ3v) is 6.37. The average molecular weight is 393 g/mol. The Kier molecular flexibility index (Phi) is 6.50. The van der Waals surface area contributed by atoms with Crippen LogP contribution in [0.2, 0.25) is 0 Å². The summed E-state index contributed by atoms with van der Waals surface area (Å²) in [5.74, 6) is 1.71. The summed E-state index contributed by atoms with van der Waals surface area (Å²) in [6.45, 7) is 4.41. The van der Waals surface area contributed by atoms with Crippen molar-refractivity contribution in [3.63, 3.8) is 0 Å². The largest absolute Gasteiger partial charge is 0.492 e. The van der Waals surface area contributed by atoms with Crippen LogP contribution in [0.1, 0.15) is 24.0 Å². The molecule has 2 aromatic rings. The second kappa shape index (κ2) is 9.45. The molecule has 154 valence electrons. The van der Waals surface area contributed by atoms with Crippen molar-refractivity contribution in [2.45, 2.75) is 25.7 Å². The fraction of sp³-hybridized carbons (Fsp3) is 0.480. The number of hydrogen-bond donors (Lipinski definition) is 0. The van der Waals surface area contributed by atoms with Gasteiger partial charge in [0, 0.05) is 13.1 Å². The molecule has 2 heterocycles. The number of rotatable bonds is 6. The smallest absolute Gasteiger partial charge is 0.229 e. The molecule has 4 heteroatoms. The van der Waals surface area contributed by atoms with Crippen LogP contribution in [-0.2, 0) is 17.6 Å². The molecule has 1 fully saturated rings. The lowest BCUT2D eigenvalue weighted by Crippen LogP contribution is -2.45. The predicted molar refractivity (Wildman–Crippen MR) is 116 cm³/mol. The third kappa shape index (κ3) is 5.18. The van der Waals surface area contributed by atoms with Crippen LogP contribution in [0, 0.1) is 11.8 Å². The molecule has 0 spiro atoms. The molecule has 2 aliphatic rings. The van der Waals surface area contributed by atoms with Crippen LogP contribution in [-0.4, -0.2) is 55.5 Å². The van der Waals surface area contributed by atoms with Crippen LogP contribution >= 0.6 is 0 Å². The summed E-state index contributed by atoms with van der Waals surface area (Å²) >= 11 is 0. The third-order valence-electron chi connectivity index (χ3n) is 6.37. The van der Waals surface area contributed by atoms with Gasteiger partial charge in [0.2, 0.25) is 5.91 Å². The molecule has 1 unspecified atom stereocenters. The molecule has 0 bridgehead atoms. The SMILES string of the molecule is CN1CCC(CN(CCc2ccccc2)C(=O)C2COc3ccccc3C2)CC1. The van der Waals surface area contributed by atoms with Gasteiger partial charge in [0.25, 0.3) is 0 Å². The predicted octanol–water partition coefficient (Wildman–Crippen LogP) is 3.65. The number of carbonyl (C=O) groups excluding carboxylic acids is 1. The van der Waals surface area contributed by atoms with Gasteiger partial charge in [-0.15, -0.1) is 0 Å². The Bertz CT molecular complexity index is 799. The van der Waals surface area contributed by atoms with Crippen molar-refractivity contribution < 1.29 is 9.53 Å². The maximum Gasteiger partial charge on any atom is 0.229 e. The van der Waals surface area contributed by atoms with Gasteiger partial charge in [-0.2, -0.15) is 0 Å². The van der Waals surface area contributed by atoms with Gasteiger partial charge in [0.05, 0.1) is 5.92 Å². The Morgan fingerprint density at radius 3 is 2.59 bits per heavy atom. The van der Waals surface area contributed by atoms with Gasteiger partial charge < -0.3 is 14.5 Å². The first kappa shape index (κ1) is 20.0. The standard InChI is InChI=1S/C25H32N2O2/c1-26-14-11-21(12-15-26)18-27(16-13-20-7-3-2-4-8-20)25(28)23-17-22-9-5-6-10-24(22)29-19-23/h2-10,21,23H,11-19H2,1H3. The van der Waals surface area contributed by atoms with Gasteiger partial charge in [0.1, 0.15) is 12.4 Å². The molecule has 4 rings (SSSR count). The Hall–Kier alpha value is -2.33. The first-order valence-electron chi connectivity index (χ1n) is 10.9. The van der Waals surface area contributed by atoms with Crippen molar-refractivity contribution in [3.05, 3.63) is 65.7 Å². The molecular weight excluding hydrogens is 360 g/mol. The molecule has 0 aromatic heterocycles. The van der Waals surface area contributed by atoms with E-state index in [1.165, 1.54) is 18.4 Å². The van der Waals surface area contributed by atoms with Crippen LogP contribution in [0.5, 0.6) is 5.75 Å². The van der Waals surface area contributed by atoms with Gasteiger partial charge in [-0.1, -0.05) is 48.5 Å². The van der Waals surface area contributed by atoms with E-state index < -0.39 is 0 Å². The van der Waals surface area contributed by atoms with Crippen LogP contribution < -0.4 is 4.74 Å². The lowest BCUT2D eigenvalue weighted by atomic mass is 9.93. The van der Waals surface area contributed by atoms with E-state index >= 15 is 0 Å². The van der Waals surface area contributed by atoms with E-state index in [0.717, 1.165) is 50.3 Å². The number of fused-ring (bicyclic) bond motifs is 1. The summed E-state index contributed by atoms with van der Waals surface area (Å²) in [7, 11) is 2.19. The Balaban J connectivity index is 1.44. The molecule has 1 atom stereocenters. The maximum atomic E-state index is 13.5. The zero-order valence-corrected chi connectivity index (χ0v) is 17.4. The van der Waals surface area contributed by atoms with E-state index in [1.807, 2.05) is 24.3 Å². The number of benzene rings is 2. The highest BCUT2D eigenvalue weighted by atomic mass is 16.5. The van der Waals surface area contributed by atoms with Gasteiger partial charge in [-0.25, -0.2) is 0 Å². The minimum atomic E-state index is -0.0769. The number of para-hydroxylation sites is 1. The first-order valence-corrected chi connectivity index (χ1v) is 10.9. The van der Waals surface area contributed by atoms with E-state index in [0.29, 0.717) is 12.5 Å². The van der Waals surface area contributed by atoms with Crippen LogP contribution in [0.4, 0.5) is 0 Å². The van der Waals surface area contributed by atoms with Crippen LogP contribution in [0.3, 0.4) is 0 Å². The zero-order valence-electron chi connectivity index (χ0n) is 17.4. The summed E-state index contributed by atoms with van der Waals surface area (Å²) in [4.78, 5) is 18.0. The normalized spacial score (nSPS) is 20.0. The number of carbonyl (C=O) groups is 1. The van der Waals surface area contributed by atoms with Crippen LogP contribution in [0.15, 0.2) is 54.6 Å². The molecule has 0 N–H and O–H groups in total. The molecular formula is C25H32N2O2. The lowest BCUT2D eigenvalue weighted by Gasteiger charge is -2.35. The summed E-state index contributed by atoms with van der Waals surface area (Å²) < 4.78 is 5.92. The number of piperidine rings is 1. The summed E-state index contributed by atoms with van der Waals surface area (Å²) in [5.41, 5.74) is 2.44. The molecule has 4 nitrogen and oxygen atoms in total. The number of hydrogen-bond acceptors (Lipinski definition) is 3. The highest BCUT2D eigenvalue weighted by molar-refractivity contribution is 5.80. The first-order chi connectivity index (χ1) is 14.2. The molecule has 1 saturated heterocycles. The van der Waals surface area contributed by atoms with Crippen LogP contribution in [0.25, 0.3) is 0 Å². The Labute approximate surface area is 174 Å². The molecule has 0 saturated carbocycles. The Morgan fingerprint density at radius 2 is 1.79 bits per heavy atom. The van der Waals surface area contributed by atoms with E-state index in [1.54, 1.807) is 0 Å². The van der Waals surface area contributed by atoms with E-state index in [-0.39, 0.29) is 11.8 Å². The van der Waals surface area contributed by atoms with Crippen molar-refractivity contribution in [1.29, 1.82) is 0 Å². The second-order valence-electron chi connectivity index (χ2n) is 8.59. The highest BCUT2D eigenvalue weighted by Crippen LogP contribution is 2.28. The molecule has 2 aromatic carbocycles. The van der Waals surface area contributed by atoms with Crippen molar-refractivity contribution >= 4 is 5.91 Å². The van der Waals surface area contributed by atoms with E-state index in [4.69, 9.17) is 4.74 Å². The van der Waals surface area contributed by atoms with Crippen molar-refractivity contribution in [3.8, 4) is 5.75 Å². The fourth-order valence-electron chi connectivity index (χ4n) is 4.50. The lowest BCUT2D eigenvalue weighted by molar-refractivity contribution is -0.137. The fourth-order valence-corrected chi connectivity index (χ4v) is 4.50. The molecule has 2 aliphatic heterocycles. The van der Waals surface area contributed by atoms with Crippen molar-refractivity contribution in [2.75, 3.05) is 39.8 Å². The summed E-state index contributed by atoms with van der Waals surface area (Å²) in [6, 6.07) is 18.6. The topological polar surface area (TPSA) is 32.8 Å². The minimum Gasteiger partial charge on any atom is -0.492 e. The van der Waals surface area contributed by atoms with Gasteiger partial charge in [-0.05, 0) is 68.9 Å². The molecule has 1 amide bonds. The average Bonchev–Trinajstić information content (AvgIpc) is 2.78. The maximum absolute atomic E-state index is 13.5. The highest BCUT2D eigenvalue weighted by Gasteiger charge is 2.31. The Morgan fingerprint density at radius 1 is 1.07 bits per heavy atom. The number of ether oxygens (including phenoxy) is 1. The van der Waals surface area contributed by atoms with E-state index in [2.05, 4.69) is 47.2 Å². The quantitative estimate of drug-likeness (QED) is 0.752. The zero-order chi connectivity index (χ0) is 20.1. The minimum absolute atomic E-state index is 0.0769. The number of nitrogens with zero attached hydrogens (tertiary/aromatic N) is 2. The molecule has 0 aliphatic carbocycles. The number of likely N-dealkylation sites (tertiary alicyclic amines) is 1. The van der Waals surface area contributed by atoms with Gasteiger partial charge in [0.15, 0.2) is 0 Å². The van der Waals surface area contributed by atoms with Gasteiger partial charge in [-0.3, -0.25) is 4.79 Å². The van der Waals surface area contributed by atoms with Gasteiger partial charge >= 0.3 is 0 Å². The number of amides is 1. The monoisotopic (exact) mass is 392 g/mol. The molecule has 29 heavy (non-hydrogen) atoms. The van der Waals surface area contributed by atoms with E-state index in [9.17, 15) is 4.79 Å². The summed E-state index contributed by atoms with van der Waals surface area (Å²) in [5, 5.41) is 0. The second-order valence-corrected chi connectivity index (χ2v) is 8.59. The van der Waals surface area contributed by atoms with Crippen molar-refractivity contribution in [1.82, 2.24) is 9.80 Å².